The van der Waals surface area contributed by atoms with E-state index in [0.29, 0.717) is 11.6 Å². The number of hydrogen-bond acceptors (Lipinski definition) is 2. The fraction of sp³-hybridized carbons (Fsp3) is 0.294. The van der Waals surface area contributed by atoms with Gasteiger partial charge in [0.05, 0.1) is 0 Å². The van der Waals surface area contributed by atoms with Crippen molar-refractivity contribution in [3.8, 4) is 0 Å². The molecule has 0 aliphatic heterocycles. The maximum Gasteiger partial charge on any atom is 0.124 e. The average Bonchev–Trinajstić information content (AvgIpc) is 2.46. The molecule has 0 heterocycles. The van der Waals surface area contributed by atoms with Gasteiger partial charge >= 0.3 is 0 Å². The van der Waals surface area contributed by atoms with Crippen molar-refractivity contribution < 1.29 is 4.39 Å². The number of halogens is 2. The molecule has 0 saturated carbocycles. The topological polar surface area (TPSA) is 15.3 Å². The van der Waals surface area contributed by atoms with Gasteiger partial charge in [0.25, 0.3) is 0 Å². The second-order valence-electron chi connectivity index (χ2n) is 5.26. The van der Waals surface area contributed by atoms with Gasteiger partial charge in [-0.3, -0.25) is 0 Å². The van der Waals surface area contributed by atoms with Crippen LogP contribution in [0.15, 0.2) is 48.5 Å². The Kier molecular flexibility index (Phi) is 5.74. The standard InChI is InChI=1S/C17H20ClFN2/c1-21(2)17(13-6-4-3-5-7-13)12-20-11-14-8-9-15(19)10-16(14)18/h3-10,17,20H,11-12H2,1-2H3. The van der Waals surface area contributed by atoms with Crippen LogP contribution >= 0.6 is 11.6 Å². The van der Waals surface area contributed by atoms with Crippen LogP contribution < -0.4 is 5.32 Å². The Morgan fingerprint density at radius 3 is 2.48 bits per heavy atom. The van der Waals surface area contributed by atoms with E-state index in [1.807, 2.05) is 18.2 Å². The molecule has 4 heteroatoms. The van der Waals surface area contributed by atoms with Gasteiger partial charge in [-0.05, 0) is 37.4 Å². The molecule has 0 aliphatic carbocycles. The number of hydrogen-bond donors (Lipinski definition) is 1. The van der Waals surface area contributed by atoms with Crippen LogP contribution in [0.25, 0.3) is 0 Å². The number of nitrogens with one attached hydrogen (secondary N) is 1. The number of rotatable bonds is 6. The molecule has 21 heavy (non-hydrogen) atoms. The van der Waals surface area contributed by atoms with Crippen LogP contribution in [0.2, 0.25) is 5.02 Å². The van der Waals surface area contributed by atoms with E-state index >= 15 is 0 Å². The predicted octanol–water partition coefficient (Wildman–Crippen LogP) is 3.87. The summed E-state index contributed by atoms with van der Waals surface area (Å²) in [5, 5.41) is 3.86. The number of benzene rings is 2. The molecular formula is C17H20ClFN2. The highest BCUT2D eigenvalue weighted by molar-refractivity contribution is 6.31. The fourth-order valence-corrected chi connectivity index (χ4v) is 2.52. The molecule has 0 bridgehead atoms. The van der Waals surface area contributed by atoms with Crippen molar-refractivity contribution in [3.05, 3.63) is 70.5 Å². The summed E-state index contributed by atoms with van der Waals surface area (Å²) in [6.07, 6.45) is 0. The number of nitrogens with zero attached hydrogens (tertiary/aromatic N) is 1. The van der Waals surface area contributed by atoms with Gasteiger partial charge in [-0.2, -0.15) is 0 Å². The van der Waals surface area contributed by atoms with Gasteiger partial charge in [0, 0.05) is 24.2 Å². The molecule has 2 rings (SSSR count). The molecule has 2 aromatic carbocycles. The third-order valence-electron chi connectivity index (χ3n) is 3.48. The van der Waals surface area contributed by atoms with Crippen molar-refractivity contribution in [2.75, 3.05) is 20.6 Å². The van der Waals surface area contributed by atoms with Gasteiger partial charge < -0.3 is 10.2 Å². The first-order chi connectivity index (χ1) is 10.1. The van der Waals surface area contributed by atoms with Crippen molar-refractivity contribution in [2.24, 2.45) is 0 Å². The van der Waals surface area contributed by atoms with Gasteiger partial charge in [0.15, 0.2) is 0 Å². The zero-order valence-corrected chi connectivity index (χ0v) is 13.1. The van der Waals surface area contributed by atoms with E-state index < -0.39 is 0 Å². The van der Waals surface area contributed by atoms with Gasteiger partial charge in [-0.15, -0.1) is 0 Å². The van der Waals surface area contributed by atoms with Crippen LogP contribution in [-0.2, 0) is 6.54 Å². The first-order valence-electron chi connectivity index (χ1n) is 6.94. The quantitative estimate of drug-likeness (QED) is 0.871. The SMILES string of the molecule is CN(C)C(CNCc1ccc(F)cc1Cl)c1ccccc1. The van der Waals surface area contributed by atoms with Crippen molar-refractivity contribution in [1.29, 1.82) is 0 Å². The summed E-state index contributed by atoms with van der Waals surface area (Å²) >= 11 is 6.03. The van der Waals surface area contributed by atoms with Crippen molar-refractivity contribution in [3.63, 3.8) is 0 Å². The summed E-state index contributed by atoms with van der Waals surface area (Å²) in [6.45, 7) is 1.42. The summed E-state index contributed by atoms with van der Waals surface area (Å²) < 4.78 is 13.0. The van der Waals surface area contributed by atoms with Crippen molar-refractivity contribution in [2.45, 2.75) is 12.6 Å². The van der Waals surface area contributed by atoms with Crippen LogP contribution in [0.3, 0.4) is 0 Å². The molecule has 0 radical (unpaired) electrons. The molecule has 0 fully saturated rings. The van der Waals surface area contributed by atoms with E-state index in [0.717, 1.165) is 12.1 Å². The van der Waals surface area contributed by atoms with Gasteiger partial charge in [0.1, 0.15) is 5.82 Å². The second-order valence-corrected chi connectivity index (χ2v) is 5.66. The van der Waals surface area contributed by atoms with Gasteiger partial charge in [-0.1, -0.05) is 48.0 Å². The zero-order chi connectivity index (χ0) is 15.2. The monoisotopic (exact) mass is 306 g/mol. The molecule has 0 spiro atoms. The third-order valence-corrected chi connectivity index (χ3v) is 3.83. The molecule has 2 nitrogen and oxygen atoms in total. The minimum atomic E-state index is -0.306. The molecule has 0 aromatic heterocycles. The lowest BCUT2D eigenvalue weighted by atomic mass is 10.1. The first kappa shape index (κ1) is 16.0. The van der Waals surface area contributed by atoms with Crippen LogP contribution in [0, 0.1) is 5.82 Å². The summed E-state index contributed by atoms with van der Waals surface area (Å²) in [4.78, 5) is 2.18. The number of likely N-dealkylation sites (N-methyl/N-ethyl adjacent to an activating group) is 1. The van der Waals surface area contributed by atoms with E-state index in [2.05, 4.69) is 36.4 Å². The molecule has 0 saturated heterocycles. The minimum absolute atomic E-state index is 0.283. The molecule has 2 aromatic rings. The maximum atomic E-state index is 13.0. The Morgan fingerprint density at radius 2 is 1.86 bits per heavy atom. The summed E-state index contributed by atoms with van der Waals surface area (Å²) in [7, 11) is 4.12. The molecule has 112 valence electrons. The largest absolute Gasteiger partial charge is 0.311 e. The van der Waals surface area contributed by atoms with E-state index in [4.69, 9.17) is 11.6 Å². The van der Waals surface area contributed by atoms with E-state index in [1.165, 1.54) is 17.7 Å². The van der Waals surface area contributed by atoms with E-state index in [1.54, 1.807) is 6.07 Å². The highest BCUT2D eigenvalue weighted by Crippen LogP contribution is 2.19. The Balaban J connectivity index is 1.97. The Labute approximate surface area is 130 Å². The van der Waals surface area contributed by atoms with E-state index in [-0.39, 0.29) is 11.9 Å². The molecule has 1 atom stereocenters. The average molecular weight is 307 g/mol. The normalized spacial score (nSPS) is 12.6. The zero-order valence-electron chi connectivity index (χ0n) is 12.3. The third kappa shape index (κ3) is 4.53. The minimum Gasteiger partial charge on any atom is -0.311 e. The van der Waals surface area contributed by atoms with Crippen LogP contribution in [0.1, 0.15) is 17.2 Å². The predicted molar refractivity (Wildman–Crippen MR) is 86.0 cm³/mol. The molecule has 1 unspecified atom stereocenters. The molecule has 0 aliphatic rings. The van der Waals surface area contributed by atoms with Crippen molar-refractivity contribution in [1.82, 2.24) is 10.2 Å². The second kappa shape index (κ2) is 7.55. The first-order valence-corrected chi connectivity index (χ1v) is 7.31. The maximum absolute atomic E-state index is 13.0. The van der Waals surface area contributed by atoms with Crippen LogP contribution in [-0.4, -0.2) is 25.5 Å². The molecule has 1 N–H and O–H groups in total. The lowest BCUT2D eigenvalue weighted by Gasteiger charge is -2.25. The Hall–Kier alpha value is -1.42. The van der Waals surface area contributed by atoms with Gasteiger partial charge in [-0.25, -0.2) is 4.39 Å². The molecular weight excluding hydrogens is 287 g/mol. The van der Waals surface area contributed by atoms with E-state index in [9.17, 15) is 4.39 Å². The highest BCUT2D eigenvalue weighted by atomic mass is 35.5. The Morgan fingerprint density at radius 1 is 1.14 bits per heavy atom. The summed E-state index contributed by atoms with van der Waals surface area (Å²) in [5.74, 6) is -0.306. The van der Waals surface area contributed by atoms with Crippen LogP contribution in [0.4, 0.5) is 4.39 Å². The van der Waals surface area contributed by atoms with Crippen molar-refractivity contribution >= 4 is 11.6 Å². The van der Waals surface area contributed by atoms with Gasteiger partial charge in [0.2, 0.25) is 0 Å². The summed E-state index contributed by atoms with van der Waals surface area (Å²) in [6, 6.07) is 15.1. The highest BCUT2D eigenvalue weighted by Gasteiger charge is 2.13. The lowest BCUT2D eigenvalue weighted by Crippen LogP contribution is -2.30. The lowest BCUT2D eigenvalue weighted by molar-refractivity contribution is 0.288. The smallest absolute Gasteiger partial charge is 0.124 e. The van der Waals surface area contributed by atoms with Crippen LogP contribution in [0.5, 0.6) is 0 Å². The molecule has 0 amide bonds. The summed E-state index contributed by atoms with van der Waals surface area (Å²) in [5.41, 5.74) is 2.17. The Bertz CT molecular complexity index is 572. The fourth-order valence-electron chi connectivity index (χ4n) is 2.28.